The molecule has 0 rings (SSSR count). The third-order valence-electron chi connectivity index (χ3n) is 8.90. The fourth-order valence-electron chi connectivity index (χ4n) is 4.37. The standard InChI is InChI=1S/C22H46/c1-15-19(8,9)17(4)22(14,20(10,11)16(2)3)21(12,13)18(5,6)7/h16-17H,15H2,1-14H3. The topological polar surface area (TPSA) is 0 Å². The van der Waals surface area contributed by atoms with Gasteiger partial charge in [0.2, 0.25) is 0 Å². The fraction of sp³-hybridized carbons (Fsp3) is 1.00. The van der Waals surface area contributed by atoms with Crippen molar-refractivity contribution in [2.75, 3.05) is 0 Å². The van der Waals surface area contributed by atoms with Gasteiger partial charge in [0.15, 0.2) is 0 Å². The van der Waals surface area contributed by atoms with E-state index in [0.717, 1.165) is 0 Å². The number of hydrogen-bond donors (Lipinski definition) is 0. The second-order valence-electron chi connectivity index (χ2n) is 11.0. The molecular formula is C22H46. The molecule has 0 heteroatoms. The van der Waals surface area contributed by atoms with Crippen LogP contribution in [0.2, 0.25) is 0 Å². The van der Waals surface area contributed by atoms with Gasteiger partial charge in [0.1, 0.15) is 0 Å². The maximum Gasteiger partial charge on any atom is -0.0185 e. The minimum atomic E-state index is 0.236. The molecule has 22 heavy (non-hydrogen) atoms. The minimum absolute atomic E-state index is 0.236. The van der Waals surface area contributed by atoms with E-state index >= 15 is 0 Å². The Morgan fingerprint density at radius 3 is 1.27 bits per heavy atom. The smallest absolute Gasteiger partial charge is 0.0185 e. The lowest BCUT2D eigenvalue weighted by molar-refractivity contribution is -0.177. The van der Waals surface area contributed by atoms with Crippen molar-refractivity contribution in [3.63, 3.8) is 0 Å². The molecule has 0 aromatic heterocycles. The lowest BCUT2D eigenvalue weighted by Crippen LogP contribution is -2.60. The maximum absolute atomic E-state index is 2.58. The Labute approximate surface area is 142 Å². The lowest BCUT2D eigenvalue weighted by Gasteiger charge is -2.66. The summed E-state index contributed by atoms with van der Waals surface area (Å²) in [6.45, 7) is 34.5. The Hall–Kier alpha value is 0. The van der Waals surface area contributed by atoms with Gasteiger partial charge in [-0.3, -0.25) is 0 Å². The highest BCUT2D eigenvalue weighted by molar-refractivity contribution is 5.08. The van der Waals surface area contributed by atoms with Crippen LogP contribution in [0.3, 0.4) is 0 Å². The van der Waals surface area contributed by atoms with E-state index in [-0.39, 0.29) is 21.7 Å². The van der Waals surface area contributed by atoms with E-state index in [9.17, 15) is 0 Å². The van der Waals surface area contributed by atoms with E-state index in [1.165, 1.54) is 6.42 Å². The first-order valence-corrected chi connectivity index (χ1v) is 9.41. The van der Waals surface area contributed by atoms with E-state index in [2.05, 4.69) is 96.9 Å². The fourth-order valence-corrected chi connectivity index (χ4v) is 4.37. The van der Waals surface area contributed by atoms with Crippen molar-refractivity contribution in [2.45, 2.75) is 103 Å². The van der Waals surface area contributed by atoms with Gasteiger partial charge in [-0.15, -0.1) is 0 Å². The Kier molecular flexibility index (Phi) is 6.14. The molecule has 0 aliphatic rings. The first-order valence-electron chi connectivity index (χ1n) is 9.41. The average Bonchev–Trinajstić information content (AvgIpc) is 2.34. The molecule has 0 spiro atoms. The van der Waals surface area contributed by atoms with Crippen LogP contribution in [0.4, 0.5) is 0 Å². The highest BCUT2D eigenvalue weighted by Crippen LogP contribution is 2.67. The zero-order chi connectivity index (χ0) is 18.4. The van der Waals surface area contributed by atoms with Crippen LogP contribution in [-0.4, -0.2) is 0 Å². The summed E-state index contributed by atoms with van der Waals surface area (Å²) in [5.74, 6) is 1.31. The van der Waals surface area contributed by atoms with Crippen molar-refractivity contribution in [3.05, 3.63) is 0 Å². The monoisotopic (exact) mass is 310 g/mol. The quantitative estimate of drug-likeness (QED) is 0.469. The molecule has 0 aromatic rings. The summed E-state index contributed by atoms with van der Waals surface area (Å²) in [5, 5.41) is 0. The van der Waals surface area contributed by atoms with Crippen LogP contribution in [0, 0.1) is 38.9 Å². The van der Waals surface area contributed by atoms with E-state index < -0.39 is 0 Å². The van der Waals surface area contributed by atoms with Gasteiger partial charge in [-0.1, -0.05) is 103 Å². The Balaban J connectivity index is 6.50. The normalized spacial score (nSPS) is 19.2. The van der Waals surface area contributed by atoms with Gasteiger partial charge in [0, 0.05) is 0 Å². The first kappa shape index (κ1) is 22.0. The summed E-state index contributed by atoms with van der Waals surface area (Å²) in [5.41, 5.74) is 1.37. The summed E-state index contributed by atoms with van der Waals surface area (Å²) in [7, 11) is 0. The van der Waals surface area contributed by atoms with Gasteiger partial charge >= 0.3 is 0 Å². The second-order valence-corrected chi connectivity index (χ2v) is 11.0. The predicted octanol–water partition coefficient (Wildman–Crippen LogP) is 7.82. The predicted molar refractivity (Wildman–Crippen MR) is 103 cm³/mol. The Morgan fingerprint density at radius 2 is 1.05 bits per heavy atom. The molecular weight excluding hydrogens is 264 g/mol. The SMILES string of the molecule is CCC(C)(C)C(C)C(C)(C(C)(C)C(C)C)C(C)(C)C(C)(C)C. The molecule has 0 aliphatic carbocycles. The summed E-state index contributed by atoms with van der Waals surface area (Å²) in [6.07, 6.45) is 1.23. The molecule has 0 heterocycles. The van der Waals surface area contributed by atoms with Crippen LogP contribution in [0.15, 0.2) is 0 Å². The first-order chi connectivity index (χ1) is 9.41. The van der Waals surface area contributed by atoms with Gasteiger partial charge in [-0.05, 0) is 38.9 Å². The van der Waals surface area contributed by atoms with Crippen LogP contribution >= 0.6 is 0 Å². The van der Waals surface area contributed by atoms with Gasteiger partial charge < -0.3 is 0 Å². The molecule has 2 atom stereocenters. The van der Waals surface area contributed by atoms with Crippen LogP contribution in [0.5, 0.6) is 0 Å². The molecule has 2 unspecified atom stereocenters. The van der Waals surface area contributed by atoms with E-state index in [4.69, 9.17) is 0 Å². The van der Waals surface area contributed by atoms with Crippen molar-refractivity contribution < 1.29 is 0 Å². The summed E-state index contributed by atoms with van der Waals surface area (Å²) < 4.78 is 0. The van der Waals surface area contributed by atoms with Gasteiger partial charge in [0.05, 0.1) is 0 Å². The van der Waals surface area contributed by atoms with Crippen LogP contribution in [0.25, 0.3) is 0 Å². The van der Waals surface area contributed by atoms with E-state index in [1.54, 1.807) is 0 Å². The van der Waals surface area contributed by atoms with Crippen LogP contribution < -0.4 is 0 Å². The summed E-state index contributed by atoms with van der Waals surface area (Å²) in [6, 6.07) is 0. The van der Waals surface area contributed by atoms with Crippen molar-refractivity contribution in [3.8, 4) is 0 Å². The minimum Gasteiger partial charge on any atom is -0.0649 e. The van der Waals surface area contributed by atoms with Crippen LogP contribution in [0.1, 0.15) is 103 Å². The lowest BCUT2D eigenvalue weighted by atomic mass is 9.39. The highest BCUT2D eigenvalue weighted by atomic mass is 14.6. The van der Waals surface area contributed by atoms with Crippen molar-refractivity contribution >= 4 is 0 Å². The zero-order valence-electron chi connectivity index (χ0n) is 18.4. The number of rotatable bonds is 6. The van der Waals surface area contributed by atoms with Gasteiger partial charge in [0.25, 0.3) is 0 Å². The molecule has 0 nitrogen and oxygen atoms in total. The van der Waals surface area contributed by atoms with E-state index in [0.29, 0.717) is 17.3 Å². The number of hydrogen-bond acceptors (Lipinski definition) is 0. The summed E-state index contributed by atoms with van der Waals surface area (Å²) in [4.78, 5) is 0. The molecule has 0 saturated heterocycles. The molecule has 0 radical (unpaired) electrons. The Morgan fingerprint density at radius 1 is 0.682 bits per heavy atom. The van der Waals surface area contributed by atoms with Crippen molar-refractivity contribution in [2.24, 2.45) is 38.9 Å². The Bertz CT molecular complexity index is 362. The van der Waals surface area contributed by atoms with E-state index in [1.807, 2.05) is 0 Å². The van der Waals surface area contributed by atoms with Gasteiger partial charge in [-0.2, -0.15) is 0 Å². The average molecular weight is 311 g/mol. The second kappa shape index (κ2) is 6.14. The maximum atomic E-state index is 2.58. The van der Waals surface area contributed by atoms with Crippen molar-refractivity contribution in [1.29, 1.82) is 0 Å². The molecule has 0 bridgehead atoms. The largest absolute Gasteiger partial charge is 0.0649 e. The summed E-state index contributed by atoms with van der Waals surface area (Å²) >= 11 is 0. The van der Waals surface area contributed by atoms with Crippen LogP contribution in [-0.2, 0) is 0 Å². The third kappa shape index (κ3) is 3.13. The molecule has 0 aromatic carbocycles. The highest BCUT2D eigenvalue weighted by Gasteiger charge is 2.60. The van der Waals surface area contributed by atoms with Crippen molar-refractivity contribution in [1.82, 2.24) is 0 Å². The molecule has 134 valence electrons. The molecule has 0 amide bonds. The molecule has 0 saturated carbocycles. The molecule has 0 fully saturated rings. The molecule has 0 aliphatic heterocycles. The van der Waals surface area contributed by atoms with Gasteiger partial charge in [-0.25, -0.2) is 0 Å². The third-order valence-corrected chi connectivity index (χ3v) is 8.90. The molecule has 0 N–H and O–H groups in total. The zero-order valence-corrected chi connectivity index (χ0v) is 18.4.